The molecule has 5 rings (SSSR count). The number of hydrogen-bond acceptors (Lipinski definition) is 6. The molecular formula is C32H31Cl2N3O4S. The van der Waals surface area contributed by atoms with E-state index in [0.717, 1.165) is 29.1 Å². The lowest BCUT2D eigenvalue weighted by Gasteiger charge is -2.26. The fraction of sp³-hybridized carbons (Fsp3) is 0.281. The molecule has 2 aromatic heterocycles. The van der Waals surface area contributed by atoms with Gasteiger partial charge in [-0.25, -0.2) is 9.79 Å². The van der Waals surface area contributed by atoms with Crippen LogP contribution in [-0.4, -0.2) is 28.8 Å². The summed E-state index contributed by atoms with van der Waals surface area (Å²) in [6.07, 6.45) is 3.22. The number of benzene rings is 2. The molecule has 0 unspecified atom stereocenters. The molecule has 0 aliphatic carbocycles. The third kappa shape index (κ3) is 5.35. The highest BCUT2D eigenvalue weighted by Crippen LogP contribution is 2.37. The maximum atomic E-state index is 14.2. The Kier molecular flexibility index (Phi) is 8.78. The zero-order chi connectivity index (χ0) is 30.1. The summed E-state index contributed by atoms with van der Waals surface area (Å²) in [5.41, 5.74) is 5.11. The monoisotopic (exact) mass is 623 g/mol. The van der Waals surface area contributed by atoms with Crippen LogP contribution in [0.1, 0.15) is 55.2 Å². The van der Waals surface area contributed by atoms with Gasteiger partial charge in [0.2, 0.25) is 0 Å². The zero-order valence-corrected chi connectivity index (χ0v) is 26.4. The first-order valence-corrected chi connectivity index (χ1v) is 15.3. The number of aromatic nitrogens is 2. The van der Waals surface area contributed by atoms with E-state index in [-0.39, 0.29) is 12.2 Å². The van der Waals surface area contributed by atoms with Gasteiger partial charge in [-0.05, 0) is 69.2 Å². The minimum atomic E-state index is -0.746. The molecule has 2 aromatic carbocycles. The number of thiazole rings is 1. The van der Waals surface area contributed by atoms with E-state index >= 15 is 0 Å². The number of allylic oxidation sites excluding steroid dienone is 1. The molecule has 218 valence electrons. The molecule has 0 saturated carbocycles. The fourth-order valence-electron chi connectivity index (χ4n) is 5.40. The summed E-state index contributed by atoms with van der Waals surface area (Å²) in [4.78, 5) is 33.0. The number of para-hydroxylation sites is 1. The molecule has 4 aromatic rings. The van der Waals surface area contributed by atoms with Crippen molar-refractivity contribution in [3.63, 3.8) is 0 Å². The Bertz CT molecular complexity index is 1900. The Morgan fingerprint density at radius 2 is 1.86 bits per heavy atom. The van der Waals surface area contributed by atoms with E-state index in [1.54, 1.807) is 24.7 Å². The van der Waals surface area contributed by atoms with E-state index < -0.39 is 12.0 Å². The van der Waals surface area contributed by atoms with Crippen LogP contribution in [0.2, 0.25) is 10.0 Å². The fourth-order valence-corrected chi connectivity index (χ4v) is 6.71. The quantitative estimate of drug-likeness (QED) is 0.216. The van der Waals surface area contributed by atoms with Gasteiger partial charge in [0, 0.05) is 22.6 Å². The lowest BCUT2D eigenvalue weighted by molar-refractivity contribution is -0.139. The molecule has 0 fully saturated rings. The van der Waals surface area contributed by atoms with Crippen molar-refractivity contribution in [1.29, 1.82) is 0 Å². The average Bonchev–Trinajstić information content (AvgIpc) is 3.43. The highest BCUT2D eigenvalue weighted by atomic mass is 35.5. The number of rotatable bonds is 8. The number of halogens is 2. The lowest BCUT2D eigenvalue weighted by Crippen LogP contribution is -2.40. The molecule has 0 bridgehead atoms. The van der Waals surface area contributed by atoms with E-state index in [1.165, 1.54) is 11.3 Å². The Morgan fingerprint density at radius 3 is 2.55 bits per heavy atom. The lowest BCUT2D eigenvalue weighted by atomic mass is 9.93. The molecule has 3 heterocycles. The van der Waals surface area contributed by atoms with E-state index in [1.807, 2.05) is 69.3 Å². The van der Waals surface area contributed by atoms with E-state index in [9.17, 15) is 9.59 Å². The smallest absolute Gasteiger partial charge is 0.338 e. The van der Waals surface area contributed by atoms with Gasteiger partial charge >= 0.3 is 5.97 Å². The maximum absolute atomic E-state index is 14.2. The first kappa shape index (κ1) is 29.9. The second kappa shape index (κ2) is 12.3. The predicted octanol–water partition coefficient (Wildman–Crippen LogP) is 6.30. The van der Waals surface area contributed by atoms with Crippen molar-refractivity contribution < 1.29 is 14.3 Å². The van der Waals surface area contributed by atoms with Crippen LogP contribution in [0.25, 0.3) is 11.8 Å². The molecule has 7 nitrogen and oxygen atoms in total. The number of hydrogen-bond donors (Lipinski definition) is 0. The van der Waals surface area contributed by atoms with E-state index in [4.69, 9.17) is 37.7 Å². The van der Waals surface area contributed by atoms with Crippen LogP contribution in [0.3, 0.4) is 0 Å². The van der Waals surface area contributed by atoms with Gasteiger partial charge in [0.25, 0.3) is 5.56 Å². The first-order chi connectivity index (χ1) is 20.2. The van der Waals surface area contributed by atoms with Gasteiger partial charge in [-0.3, -0.25) is 9.36 Å². The molecule has 0 radical (unpaired) electrons. The Morgan fingerprint density at radius 1 is 1.10 bits per heavy atom. The third-order valence-electron chi connectivity index (χ3n) is 7.24. The topological polar surface area (TPSA) is 74.8 Å². The van der Waals surface area contributed by atoms with Crippen molar-refractivity contribution in [2.45, 2.75) is 46.6 Å². The molecule has 1 aliphatic heterocycles. The minimum absolute atomic E-state index is 0.208. The number of aryl methyl sites for hydroxylation is 1. The van der Waals surface area contributed by atoms with Gasteiger partial charge in [0.15, 0.2) is 4.80 Å². The second-order valence-electron chi connectivity index (χ2n) is 9.92. The molecule has 0 amide bonds. The van der Waals surface area contributed by atoms with Gasteiger partial charge in [-0.1, -0.05) is 66.1 Å². The van der Waals surface area contributed by atoms with Crippen molar-refractivity contribution in [2.24, 2.45) is 4.99 Å². The number of carbonyl (C=O) groups is 1. The van der Waals surface area contributed by atoms with Crippen molar-refractivity contribution >= 4 is 46.6 Å². The maximum Gasteiger partial charge on any atom is 0.338 e. The zero-order valence-electron chi connectivity index (χ0n) is 24.0. The highest BCUT2D eigenvalue weighted by molar-refractivity contribution is 7.07. The first-order valence-electron chi connectivity index (χ1n) is 13.7. The predicted molar refractivity (Wildman–Crippen MR) is 168 cm³/mol. The van der Waals surface area contributed by atoms with Crippen LogP contribution in [0, 0.1) is 13.8 Å². The molecule has 10 heteroatoms. The summed E-state index contributed by atoms with van der Waals surface area (Å²) in [5.74, 6) is 0.0851. The minimum Gasteiger partial charge on any atom is -0.496 e. The van der Waals surface area contributed by atoms with Crippen LogP contribution < -0.4 is 19.6 Å². The SMILES string of the molecule is CCCC1=C(C(=O)OCC)[C@@H](c2ccccc2OC)n2c(s/c(=C/c3cc(C)n(-c4ccc(Cl)c(Cl)c4)c3C)c2=O)=N1. The van der Waals surface area contributed by atoms with Crippen molar-refractivity contribution in [3.05, 3.63) is 112 Å². The van der Waals surface area contributed by atoms with Gasteiger partial charge in [0.05, 0.1) is 39.6 Å². The summed E-state index contributed by atoms with van der Waals surface area (Å²) in [5, 5.41) is 0.951. The molecular weight excluding hydrogens is 593 g/mol. The van der Waals surface area contributed by atoms with Crippen LogP contribution in [0.5, 0.6) is 5.75 Å². The Hall–Kier alpha value is -3.59. The van der Waals surface area contributed by atoms with Gasteiger partial charge in [0.1, 0.15) is 11.8 Å². The number of carbonyl (C=O) groups excluding carboxylic acids is 1. The van der Waals surface area contributed by atoms with Crippen molar-refractivity contribution in [3.8, 4) is 11.4 Å². The molecule has 1 aliphatic rings. The van der Waals surface area contributed by atoms with Crippen LogP contribution in [0.4, 0.5) is 0 Å². The number of methoxy groups -OCH3 is 1. The van der Waals surface area contributed by atoms with Crippen LogP contribution in [-0.2, 0) is 9.53 Å². The number of nitrogens with zero attached hydrogens (tertiary/aromatic N) is 3. The van der Waals surface area contributed by atoms with Gasteiger partial charge in [-0.2, -0.15) is 0 Å². The largest absolute Gasteiger partial charge is 0.496 e. The van der Waals surface area contributed by atoms with Gasteiger partial charge in [-0.15, -0.1) is 0 Å². The average molecular weight is 625 g/mol. The molecule has 0 spiro atoms. The van der Waals surface area contributed by atoms with E-state index in [2.05, 4.69) is 4.57 Å². The van der Waals surface area contributed by atoms with Crippen molar-refractivity contribution in [1.82, 2.24) is 9.13 Å². The third-order valence-corrected chi connectivity index (χ3v) is 8.97. The molecule has 0 N–H and O–H groups in total. The highest BCUT2D eigenvalue weighted by Gasteiger charge is 2.35. The number of fused-ring (bicyclic) bond motifs is 1. The standard InChI is InChI=1S/C32H31Cl2N3O4S/c1-6-10-25-28(31(39)41-7-2)29(22-11-8-9-12-26(22)40-5)37-30(38)27(42-32(37)35-25)16-20-15-18(3)36(19(20)4)21-13-14-23(33)24(34)17-21/h8-9,11-17,29H,6-7,10H2,1-5H3/b27-16+/t29-/m1/s1. The van der Waals surface area contributed by atoms with Crippen molar-refractivity contribution in [2.75, 3.05) is 13.7 Å². The Labute approximate surface area is 258 Å². The summed E-state index contributed by atoms with van der Waals surface area (Å²) in [7, 11) is 1.58. The number of esters is 1. The molecule has 1 atom stereocenters. The summed E-state index contributed by atoms with van der Waals surface area (Å²) in [6.45, 7) is 7.99. The summed E-state index contributed by atoms with van der Waals surface area (Å²) < 4.78 is 15.3. The number of ether oxygens (including phenoxy) is 2. The summed E-state index contributed by atoms with van der Waals surface area (Å²) in [6, 6.07) is 14.2. The normalized spacial score (nSPS) is 15.0. The molecule has 42 heavy (non-hydrogen) atoms. The van der Waals surface area contributed by atoms with Crippen LogP contribution in [0.15, 0.2) is 69.6 Å². The molecule has 0 saturated heterocycles. The van der Waals surface area contributed by atoms with E-state index in [0.29, 0.717) is 48.4 Å². The van der Waals surface area contributed by atoms with Gasteiger partial charge < -0.3 is 14.0 Å². The van der Waals surface area contributed by atoms with Crippen LogP contribution >= 0.6 is 34.5 Å². The second-order valence-corrected chi connectivity index (χ2v) is 11.7. The summed E-state index contributed by atoms with van der Waals surface area (Å²) >= 11 is 13.8. The Balaban J connectivity index is 1.74.